The van der Waals surface area contributed by atoms with Gasteiger partial charge in [0.2, 0.25) is 0 Å². The van der Waals surface area contributed by atoms with Crippen LogP contribution in [0.25, 0.3) is 6.08 Å². The van der Waals surface area contributed by atoms with Gasteiger partial charge in [-0.15, -0.1) is 0 Å². The van der Waals surface area contributed by atoms with Gasteiger partial charge in [-0.05, 0) is 117 Å². The van der Waals surface area contributed by atoms with Gasteiger partial charge < -0.3 is 9.47 Å². The Hall–Kier alpha value is -3.13. The summed E-state index contributed by atoms with van der Waals surface area (Å²) in [6, 6.07) is 10.6. The molecule has 1 aliphatic heterocycles. The van der Waals surface area contributed by atoms with Gasteiger partial charge in [0, 0.05) is 4.47 Å². The standard InChI is InChI=1S/C31H33BrN2O5/c1-3-38-26-13-21(25(32)14-27(26)39-4-2)12-24-28(35)33-30(37)34(29(24)36)23-7-5-22(6-8-23)31-15-18-9-19(16-31)11-20(10-18)17-31/h5-8,12-14,18-20H,3-4,9-11,15-17H2,1-2H3,(H,33,35,37)/b24-12+. The van der Waals surface area contributed by atoms with Crippen molar-refractivity contribution in [3.63, 3.8) is 0 Å². The van der Waals surface area contributed by atoms with Crippen molar-refractivity contribution in [2.45, 2.75) is 57.8 Å². The number of rotatable bonds is 7. The van der Waals surface area contributed by atoms with Gasteiger partial charge in [-0.25, -0.2) is 9.69 Å². The molecule has 0 aromatic heterocycles. The summed E-state index contributed by atoms with van der Waals surface area (Å²) in [7, 11) is 0. The Morgan fingerprint density at radius 2 is 1.49 bits per heavy atom. The lowest BCUT2D eigenvalue weighted by Gasteiger charge is -2.57. The minimum absolute atomic E-state index is 0.132. The third kappa shape index (κ3) is 4.66. The molecule has 1 heterocycles. The van der Waals surface area contributed by atoms with E-state index in [0.717, 1.165) is 22.7 Å². The zero-order valence-corrected chi connectivity index (χ0v) is 23.9. The van der Waals surface area contributed by atoms with E-state index in [-0.39, 0.29) is 11.0 Å². The number of imide groups is 2. The first-order valence-corrected chi connectivity index (χ1v) is 14.7. The van der Waals surface area contributed by atoms with Gasteiger partial charge in [0.15, 0.2) is 11.5 Å². The van der Waals surface area contributed by atoms with Crippen molar-refractivity contribution in [1.29, 1.82) is 0 Å². The molecule has 39 heavy (non-hydrogen) atoms. The number of nitrogens with one attached hydrogen (secondary N) is 1. The first kappa shape index (κ1) is 26.1. The van der Waals surface area contributed by atoms with Gasteiger partial charge >= 0.3 is 6.03 Å². The van der Waals surface area contributed by atoms with Crippen LogP contribution in [0.5, 0.6) is 11.5 Å². The van der Waals surface area contributed by atoms with Gasteiger partial charge in [-0.1, -0.05) is 28.1 Å². The summed E-state index contributed by atoms with van der Waals surface area (Å²) in [6.07, 6.45) is 9.32. The molecule has 0 unspecified atom stereocenters. The maximum atomic E-state index is 13.6. The number of carbonyl (C=O) groups is 3. The molecule has 4 aliphatic carbocycles. The first-order valence-electron chi connectivity index (χ1n) is 13.9. The summed E-state index contributed by atoms with van der Waals surface area (Å²) in [5.41, 5.74) is 2.41. The van der Waals surface area contributed by atoms with Crippen molar-refractivity contribution in [3.05, 3.63) is 57.6 Å². The van der Waals surface area contributed by atoms with Crippen LogP contribution in [-0.2, 0) is 15.0 Å². The summed E-state index contributed by atoms with van der Waals surface area (Å²) in [5, 5.41) is 2.33. The molecule has 8 heteroatoms. The van der Waals surface area contributed by atoms with Crippen LogP contribution in [0.4, 0.5) is 10.5 Å². The summed E-state index contributed by atoms with van der Waals surface area (Å²) in [6.45, 7) is 4.64. The van der Waals surface area contributed by atoms with Crippen molar-refractivity contribution in [2.75, 3.05) is 18.1 Å². The van der Waals surface area contributed by atoms with E-state index in [2.05, 4.69) is 33.4 Å². The van der Waals surface area contributed by atoms with E-state index in [4.69, 9.17) is 9.47 Å². The third-order valence-electron chi connectivity index (χ3n) is 8.84. The molecule has 1 saturated heterocycles. The smallest absolute Gasteiger partial charge is 0.335 e. The van der Waals surface area contributed by atoms with Crippen LogP contribution in [0.15, 0.2) is 46.4 Å². The van der Waals surface area contributed by atoms with E-state index in [1.54, 1.807) is 12.1 Å². The maximum absolute atomic E-state index is 13.6. The van der Waals surface area contributed by atoms with E-state index >= 15 is 0 Å². The fourth-order valence-electron chi connectivity index (χ4n) is 7.67. The van der Waals surface area contributed by atoms with Crippen molar-refractivity contribution < 1.29 is 23.9 Å². The molecule has 7 rings (SSSR count). The second kappa shape index (κ2) is 10.1. The summed E-state index contributed by atoms with van der Waals surface area (Å²) in [4.78, 5) is 40.2. The molecule has 2 aromatic rings. The van der Waals surface area contributed by atoms with Crippen LogP contribution in [0.1, 0.15) is 63.5 Å². The Morgan fingerprint density at radius 1 is 0.923 bits per heavy atom. The number of urea groups is 1. The van der Waals surface area contributed by atoms with E-state index in [1.165, 1.54) is 50.2 Å². The second-order valence-corrected chi connectivity index (χ2v) is 12.2. The largest absolute Gasteiger partial charge is 0.490 e. The highest BCUT2D eigenvalue weighted by Gasteiger charge is 2.51. The lowest BCUT2D eigenvalue weighted by molar-refractivity contribution is -0.122. The molecule has 4 bridgehead atoms. The van der Waals surface area contributed by atoms with Gasteiger partial charge in [-0.2, -0.15) is 0 Å². The van der Waals surface area contributed by atoms with E-state index < -0.39 is 17.8 Å². The number of carbonyl (C=O) groups excluding carboxylic acids is 3. The average Bonchev–Trinajstić information content (AvgIpc) is 2.88. The number of hydrogen-bond donors (Lipinski definition) is 1. The van der Waals surface area contributed by atoms with Crippen molar-refractivity contribution in [3.8, 4) is 11.5 Å². The number of ether oxygens (including phenoxy) is 2. The SMILES string of the molecule is CCOc1cc(Br)c(/C=C2\C(=O)NC(=O)N(c3ccc(C45CC6CC(CC(C6)C4)C5)cc3)C2=O)cc1OCC. The Bertz CT molecular complexity index is 1330. The maximum Gasteiger partial charge on any atom is 0.335 e. The number of nitrogens with zero attached hydrogens (tertiary/aromatic N) is 1. The number of barbiturate groups is 1. The lowest BCUT2D eigenvalue weighted by Crippen LogP contribution is -2.54. The van der Waals surface area contributed by atoms with Crippen molar-refractivity contribution in [1.82, 2.24) is 5.32 Å². The second-order valence-electron chi connectivity index (χ2n) is 11.4. The molecule has 7 nitrogen and oxygen atoms in total. The van der Waals surface area contributed by atoms with E-state index in [1.807, 2.05) is 26.0 Å². The minimum atomic E-state index is -0.745. The summed E-state index contributed by atoms with van der Waals surface area (Å²) < 4.78 is 12.0. The number of hydrogen-bond acceptors (Lipinski definition) is 5. The molecule has 0 spiro atoms. The first-order chi connectivity index (χ1) is 18.8. The number of amides is 4. The topological polar surface area (TPSA) is 84.9 Å². The van der Waals surface area contributed by atoms with Gasteiger partial charge in [0.1, 0.15) is 5.57 Å². The zero-order valence-electron chi connectivity index (χ0n) is 22.3. The highest BCUT2D eigenvalue weighted by molar-refractivity contribution is 9.10. The Kier molecular flexibility index (Phi) is 6.78. The van der Waals surface area contributed by atoms with Crippen LogP contribution in [0.2, 0.25) is 0 Å². The number of halogens is 1. The normalized spacial score (nSPS) is 28.7. The monoisotopic (exact) mass is 592 g/mol. The van der Waals surface area contributed by atoms with E-state index in [9.17, 15) is 14.4 Å². The van der Waals surface area contributed by atoms with Gasteiger partial charge in [-0.3, -0.25) is 14.9 Å². The third-order valence-corrected chi connectivity index (χ3v) is 9.53. The fourth-order valence-corrected chi connectivity index (χ4v) is 8.11. The molecule has 0 radical (unpaired) electrons. The van der Waals surface area contributed by atoms with Crippen molar-refractivity contribution >= 4 is 45.5 Å². The lowest BCUT2D eigenvalue weighted by atomic mass is 9.48. The molecule has 204 valence electrons. The molecule has 5 aliphatic rings. The fraction of sp³-hybridized carbons (Fsp3) is 0.452. The average molecular weight is 594 g/mol. The summed E-state index contributed by atoms with van der Waals surface area (Å²) in [5.74, 6) is 2.16. The molecule has 1 N–H and O–H groups in total. The van der Waals surface area contributed by atoms with Gasteiger partial charge in [0.05, 0.1) is 18.9 Å². The highest BCUT2D eigenvalue weighted by atomic mass is 79.9. The van der Waals surface area contributed by atoms with Crippen LogP contribution in [-0.4, -0.2) is 31.1 Å². The van der Waals surface area contributed by atoms with Crippen LogP contribution in [0, 0.1) is 17.8 Å². The molecule has 2 aromatic carbocycles. The Labute approximate surface area is 237 Å². The predicted octanol–water partition coefficient (Wildman–Crippen LogP) is 6.38. The van der Waals surface area contributed by atoms with Crippen LogP contribution in [0.3, 0.4) is 0 Å². The Balaban J connectivity index is 1.29. The Morgan fingerprint density at radius 3 is 2.05 bits per heavy atom. The van der Waals surface area contributed by atoms with E-state index in [0.29, 0.717) is 40.4 Å². The zero-order chi connectivity index (χ0) is 27.3. The molecule has 5 fully saturated rings. The van der Waals surface area contributed by atoms with Crippen molar-refractivity contribution in [2.24, 2.45) is 17.8 Å². The highest BCUT2D eigenvalue weighted by Crippen LogP contribution is 2.60. The molecular formula is C31H33BrN2O5. The van der Waals surface area contributed by atoms with Crippen LogP contribution >= 0.6 is 15.9 Å². The molecule has 0 atom stereocenters. The summed E-state index contributed by atoms with van der Waals surface area (Å²) >= 11 is 3.51. The van der Waals surface area contributed by atoms with Gasteiger partial charge in [0.25, 0.3) is 11.8 Å². The molecular weight excluding hydrogens is 560 g/mol. The number of anilines is 1. The van der Waals surface area contributed by atoms with Crippen LogP contribution < -0.4 is 19.7 Å². The number of benzene rings is 2. The molecule has 4 amide bonds. The molecule has 4 saturated carbocycles. The minimum Gasteiger partial charge on any atom is -0.490 e. The predicted molar refractivity (Wildman–Crippen MR) is 152 cm³/mol. The quantitative estimate of drug-likeness (QED) is 0.298.